The van der Waals surface area contributed by atoms with E-state index in [9.17, 15) is 9.18 Å². The van der Waals surface area contributed by atoms with Gasteiger partial charge in [-0.2, -0.15) is 5.10 Å². The van der Waals surface area contributed by atoms with Crippen molar-refractivity contribution in [2.24, 2.45) is 5.10 Å². The third kappa shape index (κ3) is 5.28. The average molecular weight is 470 g/mol. The molecule has 0 N–H and O–H groups in total. The number of thiol groups is 1. The van der Waals surface area contributed by atoms with Gasteiger partial charge in [0.05, 0.1) is 5.00 Å². The second-order valence-corrected chi connectivity index (χ2v) is 10.2. The Morgan fingerprint density at radius 2 is 2.03 bits per heavy atom. The highest BCUT2D eigenvalue weighted by atomic mass is 32.1. The van der Waals surface area contributed by atoms with Gasteiger partial charge in [0.15, 0.2) is 6.17 Å². The summed E-state index contributed by atoms with van der Waals surface area (Å²) in [6.07, 6.45) is 1.65. The zero-order valence-electron chi connectivity index (χ0n) is 19.1. The van der Waals surface area contributed by atoms with Gasteiger partial charge in [0.1, 0.15) is 22.1 Å². The molecule has 0 aliphatic carbocycles. The number of anilines is 2. The van der Waals surface area contributed by atoms with Gasteiger partial charge in [0, 0.05) is 45.2 Å². The van der Waals surface area contributed by atoms with Gasteiger partial charge < -0.3 is 19.4 Å². The number of amides is 1. The summed E-state index contributed by atoms with van der Waals surface area (Å²) in [4.78, 5) is 19.2. The molecule has 2 aliphatic heterocycles. The number of hydrazone groups is 1. The fourth-order valence-corrected chi connectivity index (χ4v) is 5.20. The van der Waals surface area contributed by atoms with Crippen molar-refractivity contribution in [2.75, 3.05) is 50.1 Å². The van der Waals surface area contributed by atoms with Crippen LogP contribution in [0.4, 0.5) is 19.2 Å². The lowest BCUT2D eigenvalue weighted by molar-refractivity contribution is 0.0241. The molecule has 1 amide bonds. The van der Waals surface area contributed by atoms with Crippen LogP contribution in [0.5, 0.6) is 0 Å². The van der Waals surface area contributed by atoms with Crippen molar-refractivity contribution in [1.29, 1.82) is 0 Å². The SMILES string of the molecule is CC/C=C(/F)C1=NN(C)C1N(C)c1sc(N2CCN(C(=O)OC(C)(C)C)CC2)cc1S. The van der Waals surface area contributed by atoms with Crippen LogP contribution in [-0.4, -0.2) is 73.8 Å². The first kappa shape index (κ1) is 23.7. The van der Waals surface area contributed by atoms with Crippen molar-refractivity contribution >= 4 is 45.8 Å². The minimum absolute atomic E-state index is 0.260. The summed E-state index contributed by atoms with van der Waals surface area (Å²) in [6.45, 7) is 10.2. The zero-order valence-corrected chi connectivity index (χ0v) is 20.8. The van der Waals surface area contributed by atoms with E-state index in [1.54, 1.807) is 27.3 Å². The van der Waals surface area contributed by atoms with Gasteiger partial charge in [-0.05, 0) is 39.3 Å². The van der Waals surface area contributed by atoms with E-state index < -0.39 is 5.60 Å². The minimum Gasteiger partial charge on any atom is -0.444 e. The standard InChI is InChI=1S/C21H32FN5O2S2/c1-7-8-14(22)17-18(25(6)23-17)24(5)19-15(30)13-16(31-19)26-9-11-27(12-10-26)20(28)29-21(2,3)4/h8,13,18,30H,7,9-12H2,1-6H3/b14-8+. The van der Waals surface area contributed by atoms with Gasteiger partial charge in [0.25, 0.3) is 0 Å². The van der Waals surface area contributed by atoms with Crippen LogP contribution in [0, 0.1) is 0 Å². The molecule has 0 spiro atoms. The van der Waals surface area contributed by atoms with Crippen LogP contribution in [0.25, 0.3) is 0 Å². The number of carbonyl (C=O) groups excluding carboxylic acids is 1. The number of rotatable bonds is 5. The predicted molar refractivity (Wildman–Crippen MR) is 128 cm³/mol. The molecular weight excluding hydrogens is 437 g/mol. The van der Waals surface area contributed by atoms with Crippen LogP contribution in [0.3, 0.4) is 0 Å². The van der Waals surface area contributed by atoms with E-state index in [1.165, 1.54) is 0 Å². The van der Waals surface area contributed by atoms with E-state index >= 15 is 0 Å². The normalized spacial score (nSPS) is 19.9. The molecule has 0 aromatic carbocycles. The number of ether oxygens (including phenoxy) is 1. The van der Waals surface area contributed by atoms with Gasteiger partial charge in [-0.3, -0.25) is 5.01 Å². The first-order valence-corrected chi connectivity index (χ1v) is 11.7. The summed E-state index contributed by atoms with van der Waals surface area (Å²) in [5.74, 6) is -0.270. The Bertz CT molecular complexity index is 872. The number of carbonyl (C=O) groups is 1. The summed E-state index contributed by atoms with van der Waals surface area (Å²) in [5, 5.41) is 8.03. The Kier molecular flexibility index (Phi) is 7.10. The van der Waals surface area contributed by atoms with E-state index in [1.807, 2.05) is 52.8 Å². The number of nitrogens with zero attached hydrogens (tertiary/aromatic N) is 5. The molecule has 1 atom stereocenters. The van der Waals surface area contributed by atoms with Crippen LogP contribution in [-0.2, 0) is 4.74 Å². The van der Waals surface area contributed by atoms with E-state index in [0.29, 0.717) is 25.2 Å². The molecule has 0 saturated carbocycles. The van der Waals surface area contributed by atoms with Crippen LogP contribution in [0.15, 0.2) is 28.0 Å². The molecule has 1 unspecified atom stereocenters. The van der Waals surface area contributed by atoms with Crippen molar-refractivity contribution in [1.82, 2.24) is 9.91 Å². The van der Waals surface area contributed by atoms with Gasteiger partial charge >= 0.3 is 6.09 Å². The second kappa shape index (κ2) is 9.28. The van der Waals surface area contributed by atoms with Crippen LogP contribution in [0.2, 0.25) is 0 Å². The maximum absolute atomic E-state index is 14.4. The molecule has 31 heavy (non-hydrogen) atoms. The first-order valence-electron chi connectivity index (χ1n) is 10.5. The third-order valence-electron chi connectivity index (χ3n) is 5.10. The lowest BCUT2D eigenvalue weighted by atomic mass is 10.1. The molecule has 172 valence electrons. The molecule has 10 heteroatoms. The van der Waals surface area contributed by atoms with Gasteiger partial charge in [0.2, 0.25) is 0 Å². The third-order valence-corrected chi connectivity index (χ3v) is 6.88. The predicted octanol–water partition coefficient (Wildman–Crippen LogP) is 4.42. The molecule has 0 bridgehead atoms. The second-order valence-electron chi connectivity index (χ2n) is 8.73. The van der Waals surface area contributed by atoms with Crippen LogP contribution in [0.1, 0.15) is 34.1 Å². The Morgan fingerprint density at radius 3 is 2.58 bits per heavy atom. The van der Waals surface area contributed by atoms with Gasteiger partial charge in [-0.1, -0.05) is 18.3 Å². The number of thiophene rings is 1. The number of allylic oxidation sites excluding steroid dienone is 1. The average Bonchev–Trinajstić information content (AvgIpc) is 3.06. The number of hydrogen-bond acceptors (Lipinski definition) is 8. The maximum atomic E-state index is 14.4. The number of piperazine rings is 1. The van der Waals surface area contributed by atoms with Crippen LogP contribution >= 0.6 is 24.0 Å². The molecule has 1 aromatic heterocycles. The van der Waals surface area contributed by atoms with E-state index in [4.69, 9.17) is 4.74 Å². The highest BCUT2D eigenvalue weighted by Gasteiger charge is 2.37. The van der Waals surface area contributed by atoms with Crippen molar-refractivity contribution in [3.63, 3.8) is 0 Å². The number of halogens is 1. The summed E-state index contributed by atoms with van der Waals surface area (Å²) in [5.41, 5.74) is -0.0501. The van der Waals surface area contributed by atoms with E-state index in [0.717, 1.165) is 28.0 Å². The molecule has 3 rings (SSSR count). The van der Waals surface area contributed by atoms with E-state index in [-0.39, 0.29) is 18.1 Å². The van der Waals surface area contributed by atoms with E-state index in [2.05, 4.69) is 22.6 Å². The van der Waals surface area contributed by atoms with Crippen molar-refractivity contribution < 1.29 is 13.9 Å². The molecular formula is C21H32FN5O2S2. The summed E-state index contributed by atoms with van der Waals surface area (Å²) < 4.78 is 19.8. The fraction of sp³-hybridized carbons (Fsp3) is 0.619. The van der Waals surface area contributed by atoms with Crippen molar-refractivity contribution in [2.45, 2.75) is 50.8 Å². The Hall–Kier alpha value is -1.94. The van der Waals surface area contributed by atoms with Crippen LogP contribution < -0.4 is 9.80 Å². The largest absolute Gasteiger partial charge is 0.444 e. The van der Waals surface area contributed by atoms with Gasteiger partial charge in [-0.25, -0.2) is 9.18 Å². The molecule has 3 heterocycles. The minimum atomic E-state index is -0.495. The maximum Gasteiger partial charge on any atom is 0.410 e. The summed E-state index contributed by atoms with van der Waals surface area (Å²) in [6, 6.07) is 2.04. The van der Waals surface area contributed by atoms with Crippen molar-refractivity contribution in [3.05, 3.63) is 18.0 Å². The summed E-state index contributed by atoms with van der Waals surface area (Å²) in [7, 11) is 3.78. The topological polar surface area (TPSA) is 51.6 Å². The highest BCUT2D eigenvalue weighted by molar-refractivity contribution is 7.80. The molecule has 1 aromatic rings. The van der Waals surface area contributed by atoms with Crippen molar-refractivity contribution in [3.8, 4) is 0 Å². The number of hydrogen-bond donors (Lipinski definition) is 1. The summed E-state index contributed by atoms with van der Waals surface area (Å²) >= 11 is 6.29. The smallest absolute Gasteiger partial charge is 0.410 e. The zero-order chi connectivity index (χ0) is 22.9. The Morgan fingerprint density at radius 1 is 1.39 bits per heavy atom. The lowest BCUT2D eigenvalue weighted by Gasteiger charge is -2.41. The molecule has 2 aliphatic rings. The molecule has 0 radical (unpaired) electrons. The Labute approximate surface area is 193 Å². The molecule has 1 fully saturated rings. The highest BCUT2D eigenvalue weighted by Crippen LogP contribution is 2.41. The first-order chi connectivity index (χ1) is 14.5. The lowest BCUT2D eigenvalue weighted by Crippen LogP contribution is -2.55. The van der Waals surface area contributed by atoms with Gasteiger partial charge in [-0.15, -0.1) is 12.6 Å². The quantitative estimate of drug-likeness (QED) is 0.647. The Balaban J connectivity index is 1.66. The molecule has 1 saturated heterocycles. The monoisotopic (exact) mass is 469 g/mol. The fourth-order valence-electron chi connectivity index (χ4n) is 3.60. The molecule has 7 nitrogen and oxygen atoms in total.